The van der Waals surface area contributed by atoms with Crippen LogP contribution in [0.5, 0.6) is 0 Å². The Hall–Kier alpha value is -1.68. The largest absolute Gasteiger partial charge is 0.339 e. The molecule has 90 valence electrons. The molecule has 0 saturated heterocycles. The van der Waals surface area contributed by atoms with Gasteiger partial charge in [0.25, 0.3) is 0 Å². The van der Waals surface area contributed by atoms with Gasteiger partial charge in [-0.3, -0.25) is 0 Å². The first kappa shape index (κ1) is 11.8. The van der Waals surface area contributed by atoms with Crippen LogP contribution in [0, 0.1) is 6.92 Å². The zero-order valence-electron chi connectivity index (χ0n) is 10.2. The Balaban J connectivity index is 1.90. The van der Waals surface area contributed by atoms with Crippen LogP contribution >= 0.6 is 0 Å². The van der Waals surface area contributed by atoms with Gasteiger partial charge in [-0.1, -0.05) is 35.0 Å². The number of hydrogen-bond acceptors (Lipinski definition) is 4. The first-order valence-corrected chi connectivity index (χ1v) is 5.79. The van der Waals surface area contributed by atoms with Crippen molar-refractivity contribution in [3.8, 4) is 0 Å². The molecule has 0 unspecified atom stereocenters. The average molecular weight is 231 g/mol. The van der Waals surface area contributed by atoms with Crippen LogP contribution in [0.3, 0.4) is 0 Å². The van der Waals surface area contributed by atoms with Gasteiger partial charge >= 0.3 is 0 Å². The van der Waals surface area contributed by atoms with Crippen molar-refractivity contribution in [2.45, 2.75) is 26.3 Å². The normalized spacial score (nSPS) is 10.7. The molecule has 0 fully saturated rings. The highest BCUT2D eigenvalue weighted by molar-refractivity contribution is 5.21. The predicted molar refractivity (Wildman–Crippen MR) is 65.6 cm³/mol. The Morgan fingerprint density at radius 3 is 2.65 bits per heavy atom. The fourth-order valence-electron chi connectivity index (χ4n) is 1.63. The number of nitrogens with zero attached hydrogens (tertiary/aromatic N) is 2. The summed E-state index contributed by atoms with van der Waals surface area (Å²) in [6.07, 6.45) is 1.72. The maximum atomic E-state index is 5.16. The second kappa shape index (κ2) is 5.59. The van der Waals surface area contributed by atoms with Crippen molar-refractivity contribution in [1.29, 1.82) is 0 Å². The smallest absolute Gasteiger partial charge is 0.227 e. The molecule has 0 saturated carbocycles. The molecule has 1 N–H and O–H groups in total. The molecule has 0 amide bonds. The zero-order valence-corrected chi connectivity index (χ0v) is 10.2. The van der Waals surface area contributed by atoms with Crippen molar-refractivity contribution in [1.82, 2.24) is 15.5 Å². The number of rotatable bonds is 5. The minimum Gasteiger partial charge on any atom is -0.339 e. The molecular weight excluding hydrogens is 214 g/mol. The van der Waals surface area contributed by atoms with Gasteiger partial charge in [0.15, 0.2) is 5.82 Å². The van der Waals surface area contributed by atoms with Gasteiger partial charge < -0.3 is 9.84 Å². The summed E-state index contributed by atoms with van der Waals surface area (Å²) in [5, 5.41) is 6.88. The van der Waals surface area contributed by atoms with E-state index in [1.165, 1.54) is 11.1 Å². The molecule has 0 aliphatic heterocycles. The monoisotopic (exact) mass is 231 g/mol. The predicted octanol–water partition coefficient (Wildman–Crippen LogP) is 1.88. The second-order valence-corrected chi connectivity index (χ2v) is 4.12. The molecule has 0 atom stereocenters. The summed E-state index contributed by atoms with van der Waals surface area (Å²) >= 11 is 0. The third kappa shape index (κ3) is 3.39. The van der Waals surface area contributed by atoms with E-state index in [9.17, 15) is 0 Å². The van der Waals surface area contributed by atoms with E-state index in [4.69, 9.17) is 4.52 Å². The Labute approximate surface area is 101 Å². The standard InChI is InChI=1S/C13H17N3O/c1-10-3-5-11(6-4-10)7-8-13-15-12(9-14-2)16-17-13/h3-6,14H,7-9H2,1-2H3. The van der Waals surface area contributed by atoms with Crippen LogP contribution in [-0.2, 0) is 19.4 Å². The average Bonchev–Trinajstić information content (AvgIpc) is 2.77. The summed E-state index contributed by atoms with van der Waals surface area (Å²) in [7, 11) is 1.86. The topological polar surface area (TPSA) is 51.0 Å². The Morgan fingerprint density at radius 1 is 1.18 bits per heavy atom. The van der Waals surface area contributed by atoms with Gasteiger partial charge in [-0.25, -0.2) is 0 Å². The minimum absolute atomic E-state index is 0.647. The summed E-state index contributed by atoms with van der Waals surface area (Å²) in [5.41, 5.74) is 2.58. The summed E-state index contributed by atoms with van der Waals surface area (Å²) in [4.78, 5) is 4.29. The SMILES string of the molecule is CNCc1noc(CCc2ccc(C)cc2)n1. The van der Waals surface area contributed by atoms with Gasteiger partial charge in [-0.2, -0.15) is 4.98 Å². The molecule has 4 nitrogen and oxygen atoms in total. The van der Waals surface area contributed by atoms with Gasteiger partial charge in [0.05, 0.1) is 6.54 Å². The van der Waals surface area contributed by atoms with Crippen molar-refractivity contribution >= 4 is 0 Å². The van der Waals surface area contributed by atoms with E-state index in [0.29, 0.717) is 18.3 Å². The number of hydrogen-bond donors (Lipinski definition) is 1. The minimum atomic E-state index is 0.647. The van der Waals surface area contributed by atoms with Crippen molar-refractivity contribution in [3.05, 3.63) is 47.1 Å². The molecule has 4 heteroatoms. The second-order valence-electron chi connectivity index (χ2n) is 4.12. The lowest BCUT2D eigenvalue weighted by molar-refractivity contribution is 0.372. The Kier molecular flexibility index (Phi) is 3.88. The maximum absolute atomic E-state index is 5.16. The first-order valence-electron chi connectivity index (χ1n) is 5.79. The number of aryl methyl sites for hydroxylation is 3. The summed E-state index contributed by atoms with van der Waals surface area (Å²) < 4.78 is 5.16. The molecule has 17 heavy (non-hydrogen) atoms. The molecular formula is C13H17N3O. The molecule has 0 radical (unpaired) electrons. The fraction of sp³-hybridized carbons (Fsp3) is 0.385. The molecule has 1 aromatic heterocycles. The van der Waals surface area contributed by atoms with Crippen molar-refractivity contribution in [2.24, 2.45) is 0 Å². The fourth-order valence-corrected chi connectivity index (χ4v) is 1.63. The van der Waals surface area contributed by atoms with Crippen molar-refractivity contribution in [2.75, 3.05) is 7.05 Å². The van der Waals surface area contributed by atoms with Crippen LogP contribution in [0.1, 0.15) is 22.8 Å². The van der Waals surface area contributed by atoms with Gasteiger partial charge in [0.2, 0.25) is 5.89 Å². The van der Waals surface area contributed by atoms with E-state index in [2.05, 4.69) is 46.6 Å². The molecule has 0 spiro atoms. The highest BCUT2D eigenvalue weighted by Crippen LogP contribution is 2.07. The van der Waals surface area contributed by atoms with Crippen LogP contribution in [0.25, 0.3) is 0 Å². The zero-order chi connectivity index (χ0) is 12.1. The van der Waals surface area contributed by atoms with Crippen LogP contribution in [0.2, 0.25) is 0 Å². The summed E-state index contributed by atoms with van der Waals surface area (Å²) in [6.45, 7) is 2.74. The highest BCUT2D eigenvalue weighted by Gasteiger charge is 2.05. The molecule has 0 aliphatic rings. The lowest BCUT2D eigenvalue weighted by Crippen LogP contribution is -2.06. The van der Waals surface area contributed by atoms with Gasteiger partial charge in [-0.15, -0.1) is 0 Å². The van der Waals surface area contributed by atoms with E-state index in [1.54, 1.807) is 0 Å². The van der Waals surface area contributed by atoms with E-state index < -0.39 is 0 Å². The lowest BCUT2D eigenvalue weighted by Gasteiger charge is -1.98. The van der Waals surface area contributed by atoms with E-state index in [1.807, 2.05) is 7.05 Å². The van der Waals surface area contributed by atoms with Gasteiger partial charge in [0, 0.05) is 6.42 Å². The van der Waals surface area contributed by atoms with Crippen LogP contribution in [0.15, 0.2) is 28.8 Å². The molecule has 1 heterocycles. The van der Waals surface area contributed by atoms with Gasteiger partial charge in [-0.05, 0) is 26.0 Å². The van der Waals surface area contributed by atoms with E-state index in [0.717, 1.165) is 12.8 Å². The number of aromatic nitrogens is 2. The van der Waals surface area contributed by atoms with E-state index >= 15 is 0 Å². The third-order valence-electron chi connectivity index (χ3n) is 2.59. The lowest BCUT2D eigenvalue weighted by atomic mass is 10.1. The Morgan fingerprint density at radius 2 is 1.94 bits per heavy atom. The molecule has 1 aromatic carbocycles. The quantitative estimate of drug-likeness (QED) is 0.853. The number of nitrogens with one attached hydrogen (secondary N) is 1. The molecule has 2 aromatic rings. The first-order chi connectivity index (χ1) is 8.28. The van der Waals surface area contributed by atoms with Crippen molar-refractivity contribution in [3.63, 3.8) is 0 Å². The van der Waals surface area contributed by atoms with Crippen LogP contribution < -0.4 is 5.32 Å². The third-order valence-corrected chi connectivity index (χ3v) is 2.59. The molecule has 0 aliphatic carbocycles. The number of benzene rings is 1. The summed E-state index contributed by atoms with van der Waals surface area (Å²) in [6, 6.07) is 8.52. The van der Waals surface area contributed by atoms with E-state index in [-0.39, 0.29) is 0 Å². The molecule has 0 bridgehead atoms. The van der Waals surface area contributed by atoms with Crippen LogP contribution in [-0.4, -0.2) is 17.2 Å². The molecule has 2 rings (SSSR count). The summed E-state index contributed by atoms with van der Waals surface area (Å²) in [5.74, 6) is 1.42. The van der Waals surface area contributed by atoms with Crippen LogP contribution in [0.4, 0.5) is 0 Å². The Bertz CT molecular complexity index is 462. The van der Waals surface area contributed by atoms with Gasteiger partial charge in [0.1, 0.15) is 0 Å². The maximum Gasteiger partial charge on any atom is 0.227 e. The van der Waals surface area contributed by atoms with Crippen molar-refractivity contribution < 1.29 is 4.52 Å². The highest BCUT2D eigenvalue weighted by atomic mass is 16.5.